The molecule has 1 aromatic rings. The quantitative estimate of drug-likeness (QED) is 0.923. The summed E-state index contributed by atoms with van der Waals surface area (Å²) in [7, 11) is 1.61. The maximum atomic E-state index is 12.5. The minimum atomic E-state index is -4.35. The van der Waals surface area contributed by atoms with Crippen molar-refractivity contribution in [2.45, 2.75) is 18.8 Å². The van der Waals surface area contributed by atoms with Crippen LogP contribution in [0.15, 0.2) is 24.3 Å². The second kappa shape index (κ2) is 6.44. The number of carbonyl (C=O) groups excluding carboxylic acids is 1. The van der Waals surface area contributed by atoms with Gasteiger partial charge in [0.15, 0.2) is 0 Å². The third-order valence-electron chi connectivity index (χ3n) is 3.28. The van der Waals surface area contributed by atoms with Gasteiger partial charge in [-0.2, -0.15) is 13.2 Å². The van der Waals surface area contributed by atoms with Crippen LogP contribution in [-0.4, -0.2) is 43.7 Å². The Labute approximate surface area is 120 Å². The lowest BCUT2D eigenvalue weighted by molar-refractivity contribution is -0.144. The normalized spacial score (nSPS) is 19.3. The molecule has 1 aliphatic rings. The molecule has 7 heteroatoms. The first-order valence-corrected chi connectivity index (χ1v) is 6.61. The number of hydrogen-bond donors (Lipinski definition) is 1. The van der Waals surface area contributed by atoms with E-state index < -0.39 is 17.8 Å². The molecule has 0 radical (unpaired) electrons. The molecule has 1 amide bonds. The van der Waals surface area contributed by atoms with Crippen molar-refractivity contribution < 1.29 is 22.7 Å². The minimum Gasteiger partial charge on any atom is -0.366 e. The molecule has 0 saturated carbocycles. The smallest absolute Gasteiger partial charge is 0.366 e. The van der Waals surface area contributed by atoms with E-state index in [0.29, 0.717) is 25.3 Å². The highest BCUT2D eigenvalue weighted by atomic mass is 19.4. The number of hydrogen-bond acceptors (Lipinski definition) is 3. The van der Waals surface area contributed by atoms with Crippen LogP contribution in [0.2, 0.25) is 0 Å². The summed E-state index contributed by atoms with van der Waals surface area (Å²) in [6.07, 6.45) is -4.87. The number of rotatable bonds is 3. The molecule has 4 nitrogen and oxygen atoms in total. The molecule has 1 saturated heterocycles. The summed E-state index contributed by atoms with van der Waals surface area (Å²) in [5.41, 5.74) is -0.0531. The predicted molar refractivity (Wildman–Crippen MR) is 70.5 cm³/mol. The molecule has 21 heavy (non-hydrogen) atoms. The van der Waals surface area contributed by atoms with Gasteiger partial charge in [-0.1, -0.05) is 12.1 Å². The summed E-state index contributed by atoms with van der Waals surface area (Å²) in [6, 6.07) is 4.80. The van der Waals surface area contributed by atoms with Crippen LogP contribution in [0.3, 0.4) is 0 Å². The Morgan fingerprint density at radius 2 is 2.05 bits per heavy atom. The number of carbonyl (C=O) groups is 1. The van der Waals surface area contributed by atoms with Gasteiger partial charge in [0.2, 0.25) is 0 Å². The SMILES string of the molecule is CN(Cc1ccc(C(F)(F)F)cc1)C(=O)C1CNCCO1. The number of likely N-dealkylation sites (N-methyl/N-ethyl adjacent to an activating group) is 1. The summed E-state index contributed by atoms with van der Waals surface area (Å²) in [6.45, 7) is 1.89. The van der Waals surface area contributed by atoms with Crippen LogP contribution in [0, 0.1) is 0 Å². The number of nitrogens with zero attached hydrogens (tertiary/aromatic N) is 1. The summed E-state index contributed by atoms with van der Waals surface area (Å²) >= 11 is 0. The van der Waals surface area contributed by atoms with E-state index in [4.69, 9.17) is 4.74 Å². The number of amides is 1. The average Bonchev–Trinajstić information content (AvgIpc) is 2.47. The summed E-state index contributed by atoms with van der Waals surface area (Å²) in [4.78, 5) is 13.6. The molecular weight excluding hydrogens is 285 g/mol. The van der Waals surface area contributed by atoms with Crippen LogP contribution in [0.5, 0.6) is 0 Å². The van der Waals surface area contributed by atoms with Gasteiger partial charge >= 0.3 is 6.18 Å². The highest BCUT2D eigenvalue weighted by Gasteiger charge is 2.30. The minimum absolute atomic E-state index is 0.179. The van der Waals surface area contributed by atoms with Gasteiger partial charge < -0.3 is 15.0 Å². The Kier molecular flexibility index (Phi) is 4.84. The zero-order valence-corrected chi connectivity index (χ0v) is 11.6. The van der Waals surface area contributed by atoms with Gasteiger partial charge in [0, 0.05) is 26.7 Å². The predicted octanol–water partition coefficient (Wildman–Crippen LogP) is 1.65. The van der Waals surface area contributed by atoms with Crippen LogP contribution >= 0.6 is 0 Å². The van der Waals surface area contributed by atoms with Gasteiger partial charge in [0.05, 0.1) is 12.2 Å². The van der Waals surface area contributed by atoms with Gasteiger partial charge in [-0.05, 0) is 17.7 Å². The molecule has 1 atom stereocenters. The second-order valence-corrected chi connectivity index (χ2v) is 4.95. The highest BCUT2D eigenvalue weighted by molar-refractivity contribution is 5.81. The fraction of sp³-hybridized carbons (Fsp3) is 0.500. The second-order valence-electron chi connectivity index (χ2n) is 4.95. The first kappa shape index (κ1) is 15.8. The third-order valence-corrected chi connectivity index (χ3v) is 3.28. The number of halogens is 3. The van der Waals surface area contributed by atoms with Gasteiger partial charge in [0.25, 0.3) is 5.91 Å². The maximum absolute atomic E-state index is 12.5. The van der Waals surface area contributed by atoms with Gasteiger partial charge in [0.1, 0.15) is 6.10 Å². The lowest BCUT2D eigenvalue weighted by Crippen LogP contribution is -2.48. The molecule has 0 aliphatic carbocycles. The van der Waals surface area contributed by atoms with Crippen molar-refractivity contribution >= 4 is 5.91 Å². The van der Waals surface area contributed by atoms with E-state index in [-0.39, 0.29) is 12.5 Å². The van der Waals surface area contributed by atoms with Gasteiger partial charge in [-0.3, -0.25) is 4.79 Å². The van der Waals surface area contributed by atoms with Crippen molar-refractivity contribution in [1.82, 2.24) is 10.2 Å². The molecule has 0 spiro atoms. The monoisotopic (exact) mass is 302 g/mol. The maximum Gasteiger partial charge on any atom is 0.416 e. The van der Waals surface area contributed by atoms with Crippen molar-refractivity contribution in [1.29, 1.82) is 0 Å². The first-order valence-electron chi connectivity index (χ1n) is 6.61. The summed E-state index contributed by atoms with van der Waals surface area (Å²) in [5.74, 6) is -0.179. The first-order chi connectivity index (χ1) is 9.88. The van der Waals surface area contributed by atoms with Crippen LogP contribution in [0.1, 0.15) is 11.1 Å². The molecule has 1 heterocycles. The van der Waals surface area contributed by atoms with Crippen molar-refractivity contribution in [3.63, 3.8) is 0 Å². The van der Waals surface area contributed by atoms with E-state index in [1.165, 1.54) is 17.0 Å². The zero-order chi connectivity index (χ0) is 15.5. The fourth-order valence-electron chi connectivity index (χ4n) is 2.12. The van der Waals surface area contributed by atoms with Crippen LogP contribution < -0.4 is 5.32 Å². The largest absolute Gasteiger partial charge is 0.416 e. The molecule has 0 aromatic heterocycles. The van der Waals surface area contributed by atoms with E-state index in [2.05, 4.69) is 5.32 Å². The van der Waals surface area contributed by atoms with Crippen molar-refractivity contribution in [2.75, 3.05) is 26.7 Å². The Morgan fingerprint density at radius 3 is 2.57 bits per heavy atom. The van der Waals surface area contributed by atoms with Crippen molar-refractivity contribution in [3.05, 3.63) is 35.4 Å². The van der Waals surface area contributed by atoms with Gasteiger partial charge in [-0.15, -0.1) is 0 Å². The molecule has 116 valence electrons. The number of ether oxygens (including phenoxy) is 1. The van der Waals surface area contributed by atoms with Crippen molar-refractivity contribution in [3.8, 4) is 0 Å². The third kappa shape index (κ3) is 4.18. The van der Waals surface area contributed by atoms with E-state index >= 15 is 0 Å². The lowest BCUT2D eigenvalue weighted by Gasteiger charge is -2.27. The molecule has 0 bridgehead atoms. The molecule has 1 fully saturated rings. The van der Waals surface area contributed by atoms with Crippen LogP contribution in [0.4, 0.5) is 13.2 Å². The number of alkyl halides is 3. The summed E-state index contributed by atoms with van der Waals surface area (Å²) in [5, 5.41) is 3.06. The van der Waals surface area contributed by atoms with Gasteiger partial charge in [-0.25, -0.2) is 0 Å². The Balaban J connectivity index is 1.95. The molecule has 1 aliphatic heterocycles. The fourth-order valence-corrected chi connectivity index (χ4v) is 2.12. The standard InChI is InChI=1S/C14H17F3N2O2/c1-19(13(20)12-8-18-6-7-21-12)9-10-2-4-11(5-3-10)14(15,16)17/h2-5,12,18H,6-9H2,1H3. The van der Waals surface area contributed by atoms with E-state index in [1.54, 1.807) is 7.05 Å². The van der Waals surface area contributed by atoms with Crippen LogP contribution in [-0.2, 0) is 22.3 Å². The molecule has 1 unspecified atom stereocenters. The van der Waals surface area contributed by atoms with Crippen molar-refractivity contribution in [2.24, 2.45) is 0 Å². The van der Waals surface area contributed by atoms with E-state index in [1.807, 2.05) is 0 Å². The Hall–Kier alpha value is -1.60. The lowest BCUT2D eigenvalue weighted by atomic mass is 10.1. The molecule has 2 rings (SSSR count). The number of morpholine rings is 1. The molecule has 1 aromatic carbocycles. The van der Waals surface area contributed by atoms with E-state index in [9.17, 15) is 18.0 Å². The Bertz CT molecular complexity index is 482. The van der Waals surface area contributed by atoms with E-state index in [0.717, 1.165) is 12.1 Å². The Morgan fingerprint density at radius 1 is 1.38 bits per heavy atom. The average molecular weight is 302 g/mol. The van der Waals surface area contributed by atoms with Crippen LogP contribution in [0.25, 0.3) is 0 Å². The zero-order valence-electron chi connectivity index (χ0n) is 11.6. The topological polar surface area (TPSA) is 41.6 Å². The summed E-state index contributed by atoms with van der Waals surface area (Å²) < 4.78 is 42.8. The number of nitrogens with one attached hydrogen (secondary N) is 1. The molecule has 1 N–H and O–H groups in total. The molecular formula is C14H17F3N2O2. The number of benzene rings is 1. The highest BCUT2D eigenvalue weighted by Crippen LogP contribution is 2.29.